The largest absolute Gasteiger partial charge is 0.479 e. The van der Waals surface area contributed by atoms with E-state index in [0.29, 0.717) is 6.54 Å². The number of aliphatic carboxylic acids is 1. The number of urea groups is 1. The van der Waals surface area contributed by atoms with E-state index < -0.39 is 12.1 Å². The number of benzene rings is 1. The summed E-state index contributed by atoms with van der Waals surface area (Å²) < 4.78 is 5.09. The van der Waals surface area contributed by atoms with E-state index in [-0.39, 0.29) is 19.2 Å². The molecule has 0 aliphatic carbocycles. The average Bonchev–Trinajstić information content (AvgIpc) is 2.43. The fourth-order valence-corrected chi connectivity index (χ4v) is 2.05. The van der Waals surface area contributed by atoms with Crippen molar-refractivity contribution in [2.24, 2.45) is 0 Å². The van der Waals surface area contributed by atoms with Gasteiger partial charge in [-0.25, -0.2) is 9.59 Å². The SMILES string of the molecule is Cc1ccc(C)c(NC(=O)N2CCOC(C(=O)O)C2)c1. The Morgan fingerprint density at radius 2 is 2.15 bits per heavy atom. The van der Waals surface area contributed by atoms with Crippen LogP contribution in [0.2, 0.25) is 0 Å². The first kappa shape index (κ1) is 14.3. The Kier molecular flexibility index (Phi) is 4.24. The zero-order chi connectivity index (χ0) is 14.7. The summed E-state index contributed by atoms with van der Waals surface area (Å²) in [6.07, 6.45) is -0.951. The number of carbonyl (C=O) groups is 2. The fourth-order valence-electron chi connectivity index (χ4n) is 2.05. The number of ether oxygens (including phenoxy) is 1. The third-order valence-corrected chi connectivity index (χ3v) is 3.26. The summed E-state index contributed by atoms with van der Waals surface area (Å²) in [4.78, 5) is 24.5. The molecule has 0 saturated carbocycles. The number of carbonyl (C=O) groups excluding carboxylic acids is 1. The lowest BCUT2D eigenvalue weighted by molar-refractivity contribution is -0.154. The van der Waals surface area contributed by atoms with Crippen LogP contribution in [0.15, 0.2) is 18.2 Å². The highest BCUT2D eigenvalue weighted by atomic mass is 16.5. The second-order valence-corrected chi connectivity index (χ2v) is 4.89. The summed E-state index contributed by atoms with van der Waals surface area (Å²) in [6.45, 7) is 4.54. The predicted molar refractivity (Wildman–Crippen MR) is 73.9 cm³/mol. The van der Waals surface area contributed by atoms with E-state index in [9.17, 15) is 9.59 Å². The Balaban J connectivity index is 2.04. The maximum Gasteiger partial charge on any atom is 0.334 e. The van der Waals surface area contributed by atoms with Gasteiger partial charge in [0.2, 0.25) is 0 Å². The van der Waals surface area contributed by atoms with E-state index in [2.05, 4.69) is 5.32 Å². The maximum atomic E-state index is 12.2. The van der Waals surface area contributed by atoms with Crippen LogP contribution in [0.4, 0.5) is 10.5 Å². The zero-order valence-corrected chi connectivity index (χ0v) is 11.5. The molecular formula is C14H18N2O4. The number of amides is 2. The van der Waals surface area contributed by atoms with Crippen LogP contribution in [0, 0.1) is 13.8 Å². The van der Waals surface area contributed by atoms with E-state index in [1.54, 1.807) is 0 Å². The number of morpholine rings is 1. The topological polar surface area (TPSA) is 78.9 Å². The molecule has 108 valence electrons. The second kappa shape index (κ2) is 5.92. The molecule has 1 aliphatic rings. The molecule has 6 nitrogen and oxygen atoms in total. The Labute approximate surface area is 117 Å². The zero-order valence-electron chi connectivity index (χ0n) is 11.5. The molecule has 0 aromatic heterocycles. The van der Waals surface area contributed by atoms with Gasteiger partial charge in [-0.1, -0.05) is 12.1 Å². The molecule has 0 bridgehead atoms. The Morgan fingerprint density at radius 3 is 2.85 bits per heavy atom. The van der Waals surface area contributed by atoms with Gasteiger partial charge in [0.15, 0.2) is 6.10 Å². The van der Waals surface area contributed by atoms with Crippen molar-refractivity contribution in [3.63, 3.8) is 0 Å². The highest BCUT2D eigenvalue weighted by Crippen LogP contribution is 2.17. The van der Waals surface area contributed by atoms with Crippen molar-refractivity contribution < 1.29 is 19.4 Å². The number of carboxylic acids is 1. The van der Waals surface area contributed by atoms with Crippen LogP contribution >= 0.6 is 0 Å². The Bertz CT molecular complexity index is 530. The molecule has 1 saturated heterocycles. The van der Waals surface area contributed by atoms with E-state index in [0.717, 1.165) is 16.8 Å². The quantitative estimate of drug-likeness (QED) is 0.861. The van der Waals surface area contributed by atoms with Crippen LogP contribution in [-0.2, 0) is 9.53 Å². The predicted octanol–water partition coefficient (Wildman–Crippen LogP) is 1.62. The molecule has 20 heavy (non-hydrogen) atoms. The van der Waals surface area contributed by atoms with Gasteiger partial charge >= 0.3 is 12.0 Å². The summed E-state index contributed by atoms with van der Waals surface area (Å²) in [6, 6.07) is 5.50. The summed E-state index contributed by atoms with van der Waals surface area (Å²) in [5, 5.41) is 11.7. The van der Waals surface area contributed by atoms with Crippen LogP contribution in [0.1, 0.15) is 11.1 Å². The molecule has 1 heterocycles. The highest BCUT2D eigenvalue weighted by Gasteiger charge is 2.29. The molecule has 0 spiro atoms. The van der Waals surface area contributed by atoms with Crippen molar-refractivity contribution in [1.29, 1.82) is 0 Å². The van der Waals surface area contributed by atoms with Gasteiger partial charge in [-0.3, -0.25) is 0 Å². The van der Waals surface area contributed by atoms with E-state index in [4.69, 9.17) is 9.84 Å². The van der Waals surface area contributed by atoms with Crippen molar-refractivity contribution in [3.8, 4) is 0 Å². The van der Waals surface area contributed by atoms with Gasteiger partial charge in [0, 0.05) is 12.2 Å². The van der Waals surface area contributed by atoms with Crippen LogP contribution in [0.3, 0.4) is 0 Å². The minimum absolute atomic E-state index is 0.0615. The third-order valence-electron chi connectivity index (χ3n) is 3.26. The smallest absolute Gasteiger partial charge is 0.334 e. The summed E-state index contributed by atoms with van der Waals surface area (Å²) in [5.41, 5.74) is 2.76. The van der Waals surface area contributed by atoms with Crippen LogP contribution < -0.4 is 5.32 Å². The molecule has 2 N–H and O–H groups in total. The number of hydrogen-bond acceptors (Lipinski definition) is 3. The molecule has 2 amide bonds. The Morgan fingerprint density at radius 1 is 1.40 bits per heavy atom. The lowest BCUT2D eigenvalue weighted by atomic mass is 10.1. The second-order valence-electron chi connectivity index (χ2n) is 4.89. The minimum atomic E-state index is -1.05. The molecule has 1 aromatic rings. The van der Waals surface area contributed by atoms with E-state index in [1.165, 1.54) is 4.90 Å². The molecule has 1 fully saturated rings. The number of aryl methyl sites for hydroxylation is 2. The van der Waals surface area contributed by atoms with Gasteiger partial charge in [-0.15, -0.1) is 0 Å². The van der Waals surface area contributed by atoms with Crippen LogP contribution in [-0.4, -0.2) is 47.8 Å². The third kappa shape index (κ3) is 3.27. The molecule has 1 aliphatic heterocycles. The first-order valence-electron chi connectivity index (χ1n) is 6.45. The molecular weight excluding hydrogens is 260 g/mol. The van der Waals surface area contributed by atoms with Gasteiger partial charge in [-0.2, -0.15) is 0 Å². The molecule has 1 unspecified atom stereocenters. The van der Waals surface area contributed by atoms with Gasteiger partial charge in [0.05, 0.1) is 13.2 Å². The first-order chi connectivity index (χ1) is 9.47. The van der Waals surface area contributed by atoms with Gasteiger partial charge in [0.1, 0.15) is 0 Å². The molecule has 6 heteroatoms. The number of rotatable bonds is 2. The number of nitrogens with zero attached hydrogens (tertiary/aromatic N) is 1. The van der Waals surface area contributed by atoms with Crippen LogP contribution in [0.25, 0.3) is 0 Å². The summed E-state index contributed by atoms with van der Waals surface area (Å²) in [7, 11) is 0. The maximum absolute atomic E-state index is 12.2. The van der Waals surface area contributed by atoms with E-state index >= 15 is 0 Å². The lowest BCUT2D eigenvalue weighted by Crippen LogP contribution is -2.50. The average molecular weight is 278 g/mol. The number of carboxylic acid groups (broad SMARTS) is 1. The normalized spacial score (nSPS) is 18.7. The van der Waals surface area contributed by atoms with Crippen LogP contribution in [0.5, 0.6) is 0 Å². The van der Waals surface area contributed by atoms with Crippen molar-refractivity contribution in [3.05, 3.63) is 29.3 Å². The number of nitrogens with one attached hydrogen (secondary N) is 1. The van der Waals surface area contributed by atoms with Crippen molar-refractivity contribution in [2.75, 3.05) is 25.0 Å². The highest BCUT2D eigenvalue weighted by molar-refractivity contribution is 5.90. The Hall–Kier alpha value is -2.08. The summed E-state index contributed by atoms with van der Waals surface area (Å²) in [5.74, 6) is -1.05. The molecule has 1 aromatic carbocycles. The van der Waals surface area contributed by atoms with Gasteiger partial charge < -0.3 is 20.1 Å². The number of anilines is 1. The minimum Gasteiger partial charge on any atom is -0.479 e. The number of hydrogen-bond donors (Lipinski definition) is 2. The molecule has 0 radical (unpaired) electrons. The lowest BCUT2D eigenvalue weighted by Gasteiger charge is -2.31. The van der Waals surface area contributed by atoms with Crippen molar-refractivity contribution in [2.45, 2.75) is 20.0 Å². The summed E-state index contributed by atoms with van der Waals surface area (Å²) >= 11 is 0. The van der Waals surface area contributed by atoms with E-state index in [1.807, 2.05) is 32.0 Å². The first-order valence-corrected chi connectivity index (χ1v) is 6.45. The van der Waals surface area contributed by atoms with Gasteiger partial charge in [-0.05, 0) is 31.0 Å². The monoisotopic (exact) mass is 278 g/mol. The van der Waals surface area contributed by atoms with Crippen molar-refractivity contribution in [1.82, 2.24) is 4.90 Å². The van der Waals surface area contributed by atoms with Gasteiger partial charge in [0.25, 0.3) is 0 Å². The molecule has 2 rings (SSSR count). The standard InChI is InChI=1S/C14H18N2O4/c1-9-3-4-10(2)11(7-9)15-14(19)16-5-6-20-12(8-16)13(17)18/h3-4,7,12H,5-6,8H2,1-2H3,(H,15,19)(H,17,18). The molecule has 1 atom stereocenters. The van der Waals surface area contributed by atoms with Crippen molar-refractivity contribution >= 4 is 17.7 Å². The fraction of sp³-hybridized carbons (Fsp3) is 0.429.